The molecule has 0 fully saturated rings. The fourth-order valence-electron chi connectivity index (χ4n) is 1.69. The van der Waals surface area contributed by atoms with E-state index in [4.69, 9.17) is 5.11 Å². The van der Waals surface area contributed by atoms with Gasteiger partial charge in [0.05, 0.1) is 30.1 Å². The third-order valence-corrected chi connectivity index (χ3v) is 2.87. The van der Waals surface area contributed by atoms with Gasteiger partial charge in [-0.05, 0) is 42.0 Å². The van der Waals surface area contributed by atoms with Gasteiger partial charge in [-0.2, -0.15) is 5.10 Å². The van der Waals surface area contributed by atoms with Crippen LogP contribution < -0.4 is 5.43 Å². The van der Waals surface area contributed by atoms with Gasteiger partial charge in [-0.3, -0.25) is 5.43 Å². The van der Waals surface area contributed by atoms with E-state index in [0.717, 1.165) is 5.56 Å². The van der Waals surface area contributed by atoms with Gasteiger partial charge >= 0.3 is 11.9 Å². The molecule has 0 saturated heterocycles. The van der Waals surface area contributed by atoms with Gasteiger partial charge in [0.15, 0.2) is 0 Å². The quantitative estimate of drug-likeness (QED) is 0.503. The molecule has 112 valence electrons. The minimum Gasteiger partial charge on any atom is -0.478 e. The molecule has 0 aromatic heterocycles. The molecule has 0 aliphatic rings. The molecule has 0 aliphatic heterocycles. The third kappa shape index (κ3) is 3.92. The topological polar surface area (TPSA) is 88.0 Å². The lowest BCUT2D eigenvalue weighted by Gasteiger charge is -2.01. The standard InChI is InChI=1S/C16H14N2O4/c1-22-16(21)13-4-2-11(3-5-13)10-17-18-14-8-6-12(7-9-14)15(19)20/h2-10,18H,1H3,(H,19,20). The number of aromatic carboxylic acids is 1. The summed E-state index contributed by atoms with van der Waals surface area (Å²) in [5.74, 6) is -1.36. The molecule has 0 amide bonds. The van der Waals surface area contributed by atoms with Crippen molar-refractivity contribution in [2.45, 2.75) is 0 Å². The minimum absolute atomic E-state index is 0.216. The van der Waals surface area contributed by atoms with Gasteiger partial charge in [-0.1, -0.05) is 12.1 Å². The van der Waals surface area contributed by atoms with Gasteiger partial charge < -0.3 is 9.84 Å². The molecule has 0 radical (unpaired) electrons. The van der Waals surface area contributed by atoms with E-state index in [1.54, 1.807) is 42.6 Å². The molecule has 6 heteroatoms. The Morgan fingerprint density at radius 2 is 1.64 bits per heavy atom. The lowest BCUT2D eigenvalue weighted by molar-refractivity contribution is 0.0600. The predicted molar refractivity (Wildman–Crippen MR) is 82.4 cm³/mol. The number of methoxy groups -OCH3 is 1. The maximum atomic E-state index is 11.3. The van der Waals surface area contributed by atoms with Crippen molar-refractivity contribution < 1.29 is 19.4 Å². The molecule has 0 bridgehead atoms. The molecule has 0 spiro atoms. The first-order valence-corrected chi connectivity index (χ1v) is 6.41. The van der Waals surface area contributed by atoms with Gasteiger partial charge in [0.2, 0.25) is 0 Å². The van der Waals surface area contributed by atoms with E-state index in [1.807, 2.05) is 0 Å². The number of benzene rings is 2. The third-order valence-electron chi connectivity index (χ3n) is 2.87. The van der Waals surface area contributed by atoms with E-state index in [9.17, 15) is 9.59 Å². The van der Waals surface area contributed by atoms with Crippen LogP contribution in [0.5, 0.6) is 0 Å². The number of ether oxygens (including phenoxy) is 1. The van der Waals surface area contributed by atoms with Crippen LogP contribution in [0.2, 0.25) is 0 Å². The minimum atomic E-state index is -0.972. The molecule has 2 aromatic carbocycles. The van der Waals surface area contributed by atoms with Crippen LogP contribution in [-0.2, 0) is 4.74 Å². The molecule has 22 heavy (non-hydrogen) atoms. The highest BCUT2D eigenvalue weighted by molar-refractivity contribution is 5.90. The molecule has 0 atom stereocenters. The highest BCUT2D eigenvalue weighted by atomic mass is 16.5. The van der Waals surface area contributed by atoms with Gasteiger partial charge in [0.1, 0.15) is 0 Å². The second-order valence-corrected chi connectivity index (χ2v) is 4.37. The Morgan fingerprint density at radius 1 is 1.05 bits per heavy atom. The molecule has 0 saturated carbocycles. The Bertz CT molecular complexity index is 691. The van der Waals surface area contributed by atoms with Crippen molar-refractivity contribution in [1.82, 2.24) is 0 Å². The molecule has 0 unspecified atom stereocenters. The normalized spacial score (nSPS) is 10.4. The van der Waals surface area contributed by atoms with Gasteiger partial charge in [-0.15, -0.1) is 0 Å². The zero-order valence-corrected chi connectivity index (χ0v) is 11.8. The SMILES string of the molecule is COC(=O)c1ccc(C=NNc2ccc(C(=O)O)cc2)cc1. The zero-order valence-electron chi connectivity index (χ0n) is 11.8. The Labute approximate surface area is 127 Å². The summed E-state index contributed by atoms with van der Waals surface area (Å²) < 4.78 is 4.61. The number of carboxylic acid groups (broad SMARTS) is 1. The van der Waals surface area contributed by atoms with Gasteiger partial charge in [0.25, 0.3) is 0 Å². The highest BCUT2D eigenvalue weighted by Crippen LogP contribution is 2.09. The van der Waals surface area contributed by atoms with Crippen LogP contribution in [0.3, 0.4) is 0 Å². The van der Waals surface area contributed by atoms with Gasteiger partial charge in [-0.25, -0.2) is 9.59 Å². The summed E-state index contributed by atoms with van der Waals surface area (Å²) in [7, 11) is 1.33. The van der Waals surface area contributed by atoms with Crippen LogP contribution >= 0.6 is 0 Å². The second-order valence-electron chi connectivity index (χ2n) is 4.37. The Kier molecular flexibility index (Phi) is 4.87. The molecule has 2 rings (SSSR count). The number of carbonyl (C=O) groups is 2. The number of hydrogen-bond donors (Lipinski definition) is 2. The number of carbonyl (C=O) groups excluding carboxylic acids is 1. The number of nitrogens with zero attached hydrogens (tertiary/aromatic N) is 1. The number of hydrogen-bond acceptors (Lipinski definition) is 5. The van der Waals surface area contributed by atoms with Crippen molar-refractivity contribution in [3.8, 4) is 0 Å². The molecule has 2 aromatic rings. The van der Waals surface area contributed by atoms with E-state index in [1.165, 1.54) is 19.2 Å². The Morgan fingerprint density at radius 3 is 2.18 bits per heavy atom. The largest absolute Gasteiger partial charge is 0.478 e. The molecular formula is C16H14N2O4. The highest BCUT2D eigenvalue weighted by Gasteiger charge is 2.03. The number of esters is 1. The number of rotatable bonds is 5. The van der Waals surface area contributed by atoms with Crippen LogP contribution in [0.4, 0.5) is 5.69 Å². The van der Waals surface area contributed by atoms with Crippen LogP contribution in [0.1, 0.15) is 26.3 Å². The molecule has 2 N–H and O–H groups in total. The first-order chi connectivity index (χ1) is 10.6. The fraction of sp³-hybridized carbons (Fsp3) is 0.0625. The molecule has 6 nitrogen and oxygen atoms in total. The van der Waals surface area contributed by atoms with Gasteiger partial charge in [0, 0.05) is 0 Å². The van der Waals surface area contributed by atoms with Crippen LogP contribution in [0, 0.1) is 0 Å². The summed E-state index contributed by atoms with van der Waals surface area (Å²) in [4.78, 5) is 22.0. The molecular weight excluding hydrogens is 284 g/mol. The maximum absolute atomic E-state index is 11.3. The smallest absolute Gasteiger partial charge is 0.337 e. The monoisotopic (exact) mass is 298 g/mol. The van der Waals surface area contributed by atoms with Crippen molar-refractivity contribution in [3.05, 3.63) is 65.2 Å². The number of nitrogens with one attached hydrogen (secondary N) is 1. The average Bonchev–Trinajstić information content (AvgIpc) is 2.55. The van der Waals surface area contributed by atoms with Crippen molar-refractivity contribution in [2.75, 3.05) is 12.5 Å². The summed E-state index contributed by atoms with van der Waals surface area (Å²) in [6.07, 6.45) is 1.59. The number of hydrazone groups is 1. The first kappa shape index (κ1) is 15.2. The van der Waals surface area contributed by atoms with Crippen molar-refractivity contribution >= 4 is 23.8 Å². The van der Waals surface area contributed by atoms with Crippen LogP contribution in [0.15, 0.2) is 53.6 Å². The number of anilines is 1. The maximum Gasteiger partial charge on any atom is 0.337 e. The zero-order chi connectivity index (χ0) is 15.9. The van der Waals surface area contributed by atoms with E-state index in [2.05, 4.69) is 15.3 Å². The summed E-state index contributed by atoms with van der Waals surface area (Å²) >= 11 is 0. The van der Waals surface area contributed by atoms with Crippen molar-refractivity contribution in [1.29, 1.82) is 0 Å². The van der Waals surface area contributed by atoms with E-state index in [0.29, 0.717) is 11.3 Å². The predicted octanol–water partition coefficient (Wildman–Crippen LogP) is 2.62. The average molecular weight is 298 g/mol. The van der Waals surface area contributed by atoms with Crippen molar-refractivity contribution in [3.63, 3.8) is 0 Å². The summed E-state index contributed by atoms with van der Waals surface area (Å²) in [5, 5.41) is 12.8. The van der Waals surface area contributed by atoms with E-state index >= 15 is 0 Å². The summed E-state index contributed by atoms with van der Waals surface area (Å²) in [5.41, 5.74) is 4.96. The summed E-state index contributed by atoms with van der Waals surface area (Å²) in [6.45, 7) is 0. The molecule has 0 heterocycles. The number of carboxylic acids is 1. The molecule has 0 aliphatic carbocycles. The van der Waals surface area contributed by atoms with E-state index in [-0.39, 0.29) is 11.5 Å². The van der Waals surface area contributed by atoms with Crippen LogP contribution in [0.25, 0.3) is 0 Å². The lowest BCUT2D eigenvalue weighted by Crippen LogP contribution is -2.00. The first-order valence-electron chi connectivity index (χ1n) is 6.41. The Hall–Kier alpha value is -3.15. The van der Waals surface area contributed by atoms with E-state index < -0.39 is 5.97 Å². The summed E-state index contributed by atoms with van der Waals surface area (Å²) in [6, 6.07) is 13.0. The lowest BCUT2D eigenvalue weighted by atomic mass is 10.1. The van der Waals surface area contributed by atoms with Crippen molar-refractivity contribution in [2.24, 2.45) is 5.10 Å². The fourth-order valence-corrected chi connectivity index (χ4v) is 1.69. The Balaban J connectivity index is 1.97. The van der Waals surface area contributed by atoms with Crippen LogP contribution in [-0.4, -0.2) is 30.4 Å². The second kappa shape index (κ2) is 7.03.